The first-order chi connectivity index (χ1) is 13.2. The normalized spacial score (nSPS) is 32.0. The third kappa shape index (κ3) is 5.03. The molecule has 0 radical (unpaired) electrons. The maximum atomic E-state index is 5.64. The Morgan fingerprint density at radius 3 is 1.56 bits per heavy atom. The van der Waals surface area contributed by atoms with Crippen LogP contribution in [0.15, 0.2) is 0 Å². The van der Waals surface area contributed by atoms with Gasteiger partial charge in [0, 0.05) is 71.1 Å². The van der Waals surface area contributed by atoms with Crippen LogP contribution in [-0.4, -0.2) is 77.9 Å². The third-order valence-corrected chi connectivity index (χ3v) is 7.29. The highest BCUT2D eigenvalue weighted by atomic mass is 16.5. The van der Waals surface area contributed by atoms with E-state index in [1.165, 1.54) is 71.1 Å². The molecule has 6 heterocycles. The van der Waals surface area contributed by atoms with E-state index in [0.717, 1.165) is 46.1 Å². The van der Waals surface area contributed by atoms with Crippen LogP contribution in [0.25, 0.3) is 0 Å². The van der Waals surface area contributed by atoms with E-state index in [9.17, 15) is 0 Å². The lowest BCUT2D eigenvalue weighted by Gasteiger charge is -2.45. The quantitative estimate of drug-likeness (QED) is 0.588. The molecule has 3 spiro atoms. The second kappa shape index (κ2) is 9.06. The summed E-state index contributed by atoms with van der Waals surface area (Å²) in [5.74, 6) is 0. The Hall–Kier alpha value is -0.240. The topological polar surface area (TPSA) is 63.8 Å². The van der Waals surface area contributed by atoms with E-state index in [2.05, 4.69) is 16.0 Å². The van der Waals surface area contributed by atoms with Crippen molar-refractivity contribution in [2.24, 2.45) is 10.8 Å². The molecule has 6 nitrogen and oxygen atoms in total. The number of hydrogen-bond donors (Lipinski definition) is 3. The smallest absolute Gasteiger partial charge is 0.0929 e. The molecule has 27 heavy (non-hydrogen) atoms. The van der Waals surface area contributed by atoms with Gasteiger partial charge in [-0.3, -0.25) is 0 Å². The summed E-state index contributed by atoms with van der Waals surface area (Å²) in [5, 5.41) is 9.85. The van der Waals surface area contributed by atoms with Gasteiger partial charge in [-0.25, -0.2) is 0 Å². The number of hydrogen-bond acceptors (Lipinski definition) is 6. The number of ether oxygens (including phenoxy) is 3. The lowest BCUT2D eigenvalue weighted by molar-refractivity contribution is -0.109. The molecule has 6 aliphatic rings. The Balaban J connectivity index is 0.0000001000. The van der Waals surface area contributed by atoms with Crippen LogP contribution in [0.1, 0.15) is 44.9 Å². The summed E-state index contributed by atoms with van der Waals surface area (Å²) in [6, 6.07) is 0. The summed E-state index contributed by atoms with van der Waals surface area (Å²) in [6.45, 7) is 12.0. The van der Waals surface area contributed by atoms with Gasteiger partial charge in [0.05, 0.1) is 12.2 Å². The van der Waals surface area contributed by atoms with E-state index >= 15 is 0 Å². The van der Waals surface area contributed by atoms with E-state index in [0.29, 0.717) is 10.8 Å². The molecule has 0 atom stereocenters. The molecule has 0 aromatic heterocycles. The van der Waals surface area contributed by atoms with Gasteiger partial charge in [0.2, 0.25) is 0 Å². The van der Waals surface area contributed by atoms with Crippen molar-refractivity contribution in [3.05, 3.63) is 0 Å². The second-order valence-corrected chi connectivity index (χ2v) is 9.57. The zero-order valence-electron chi connectivity index (χ0n) is 17.0. The molecule has 0 unspecified atom stereocenters. The lowest BCUT2D eigenvalue weighted by atomic mass is 9.75. The molecule has 0 saturated carbocycles. The molecule has 6 saturated heterocycles. The van der Waals surface area contributed by atoms with Crippen LogP contribution in [0.4, 0.5) is 0 Å². The zero-order chi connectivity index (χ0) is 18.5. The molecule has 6 aliphatic heterocycles. The maximum absolute atomic E-state index is 5.64. The third-order valence-electron chi connectivity index (χ3n) is 7.29. The number of nitrogens with one attached hydrogen (secondary N) is 3. The minimum absolute atomic E-state index is 0.290. The molecule has 6 fully saturated rings. The summed E-state index contributed by atoms with van der Waals surface area (Å²) >= 11 is 0. The molecule has 0 aromatic rings. The largest absolute Gasteiger partial charge is 0.381 e. The van der Waals surface area contributed by atoms with Crippen LogP contribution in [-0.2, 0) is 14.2 Å². The minimum atomic E-state index is 0.290. The van der Waals surface area contributed by atoms with Crippen LogP contribution >= 0.6 is 0 Å². The molecular formula is C21H39N3O3. The Morgan fingerprint density at radius 2 is 1.22 bits per heavy atom. The Kier molecular flexibility index (Phi) is 6.72. The fraction of sp³-hybridized carbons (Fsp3) is 1.00. The average molecular weight is 382 g/mol. The summed E-state index contributed by atoms with van der Waals surface area (Å²) in [4.78, 5) is 0. The Bertz CT molecular complexity index is 371. The lowest BCUT2D eigenvalue weighted by Crippen LogP contribution is -2.62. The van der Waals surface area contributed by atoms with Gasteiger partial charge in [0.1, 0.15) is 0 Å². The number of rotatable bonds is 0. The van der Waals surface area contributed by atoms with Crippen molar-refractivity contribution in [3.8, 4) is 0 Å². The molecule has 6 heteroatoms. The highest BCUT2D eigenvalue weighted by Gasteiger charge is 2.39. The summed E-state index contributed by atoms with van der Waals surface area (Å²) in [6.07, 6.45) is 9.10. The highest BCUT2D eigenvalue weighted by molar-refractivity contribution is 4.96. The monoisotopic (exact) mass is 381 g/mol. The molecule has 0 amide bonds. The van der Waals surface area contributed by atoms with Crippen LogP contribution in [0.2, 0.25) is 0 Å². The van der Waals surface area contributed by atoms with Crippen molar-refractivity contribution in [2.45, 2.75) is 50.5 Å². The van der Waals surface area contributed by atoms with Crippen molar-refractivity contribution >= 4 is 0 Å². The van der Waals surface area contributed by atoms with Crippen molar-refractivity contribution in [3.63, 3.8) is 0 Å². The molecule has 6 rings (SSSR count). The van der Waals surface area contributed by atoms with Crippen molar-refractivity contribution < 1.29 is 14.2 Å². The molecule has 0 aromatic carbocycles. The second-order valence-electron chi connectivity index (χ2n) is 9.57. The summed E-state index contributed by atoms with van der Waals surface area (Å²) in [5.41, 5.74) is 1.52. The first-order valence-electron chi connectivity index (χ1n) is 11.2. The van der Waals surface area contributed by atoms with Crippen LogP contribution in [0.5, 0.6) is 0 Å². The van der Waals surface area contributed by atoms with Gasteiger partial charge in [-0.2, -0.15) is 0 Å². The van der Waals surface area contributed by atoms with E-state index in [1.54, 1.807) is 0 Å². The molecule has 3 N–H and O–H groups in total. The first kappa shape index (κ1) is 20.0. The summed E-state index contributed by atoms with van der Waals surface area (Å²) in [7, 11) is 0. The fourth-order valence-corrected chi connectivity index (χ4v) is 4.90. The minimum Gasteiger partial charge on any atom is -0.381 e. The van der Waals surface area contributed by atoms with E-state index in [-0.39, 0.29) is 5.60 Å². The molecule has 156 valence electrons. The van der Waals surface area contributed by atoms with Crippen molar-refractivity contribution in [1.82, 2.24) is 16.0 Å². The van der Waals surface area contributed by atoms with Crippen LogP contribution in [0, 0.1) is 10.8 Å². The fourth-order valence-electron chi connectivity index (χ4n) is 4.90. The van der Waals surface area contributed by atoms with Gasteiger partial charge in [0.15, 0.2) is 0 Å². The zero-order valence-corrected chi connectivity index (χ0v) is 17.0. The molecule has 0 bridgehead atoms. The predicted octanol–water partition coefficient (Wildman–Crippen LogP) is 1.30. The Morgan fingerprint density at radius 1 is 0.519 bits per heavy atom. The van der Waals surface area contributed by atoms with E-state index in [4.69, 9.17) is 14.2 Å². The van der Waals surface area contributed by atoms with Crippen LogP contribution < -0.4 is 16.0 Å². The van der Waals surface area contributed by atoms with Gasteiger partial charge >= 0.3 is 0 Å². The van der Waals surface area contributed by atoms with E-state index in [1.807, 2.05) is 0 Å². The Labute approximate surface area is 164 Å². The first-order valence-corrected chi connectivity index (χ1v) is 11.2. The maximum Gasteiger partial charge on any atom is 0.0929 e. The van der Waals surface area contributed by atoms with Crippen molar-refractivity contribution in [1.29, 1.82) is 0 Å². The van der Waals surface area contributed by atoms with Gasteiger partial charge in [0.25, 0.3) is 0 Å². The molecule has 0 aliphatic carbocycles. The van der Waals surface area contributed by atoms with Gasteiger partial charge in [-0.1, -0.05) is 0 Å². The average Bonchev–Trinajstić information content (AvgIpc) is 2.67. The predicted molar refractivity (Wildman–Crippen MR) is 106 cm³/mol. The highest BCUT2D eigenvalue weighted by Crippen LogP contribution is 2.34. The SMILES string of the molecule is C1CC2(CCO1)CNC2.C1CCC2(CNC2)OC1.C1COCC2(C1)CNC2. The van der Waals surface area contributed by atoms with E-state index < -0.39 is 0 Å². The molecular weight excluding hydrogens is 342 g/mol. The summed E-state index contributed by atoms with van der Waals surface area (Å²) < 4.78 is 16.3. The van der Waals surface area contributed by atoms with Gasteiger partial charge < -0.3 is 30.2 Å². The van der Waals surface area contributed by atoms with Gasteiger partial charge in [-0.05, 0) is 50.4 Å². The van der Waals surface area contributed by atoms with Gasteiger partial charge in [-0.15, -0.1) is 0 Å². The van der Waals surface area contributed by atoms with Crippen molar-refractivity contribution in [2.75, 3.05) is 72.3 Å². The standard InChI is InChI=1S/3C7H13NO/c1-3-9-4-2-7(1)5-8-6-7;1-2-7(4-8-5-7)6-9-3-1;1-2-4-9-7(3-1)5-8-6-7/h3*8H,1-6H2. The van der Waals surface area contributed by atoms with Crippen LogP contribution in [0.3, 0.4) is 0 Å².